The first-order valence-corrected chi connectivity index (χ1v) is 6.43. The first kappa shape index (κ1) is 12.7. The molecule has 4 heteroatoms. The molecule has 1 unspecified atom stereocenters. The van der Waals surface area contributed by atoms with E-state index < -0.39 is 6.10 Å². The summed E-state index contributed by atoms with van der Waals surface area (Å²) >= 11 is 0. The third kappa shape index (κ3) is 2.04. The first-order chi connectivity index (χ1) is 9.70. The summed E-state index contributed by atoms with van der Waals surface area (Å²) in [5.41, 5.74) is 1.48. The molecule has 20 heavy (non-hydrogen) atoms. The average molecular weight is 268 g/mol. The lowest BCUT2D eigenvalue weighted by atomic mass is 10.0. The third-order valence-electron chi connectivity index (χ3n) is 3.52. The Labute approximate surface area is 117 Å². The van der Waals surface area contributed by atoms with E-state index in [0.717, 1.165) is 16.3 Å². The van der Waals surface area contributed by atoms with Crippen LogP contribution in [0.4, 0.5) is 0 Å². The first-order valence-electron chi connectivity index (χ1n) is 6.43. The highest BCUT2D eigenvalue weighted by Crippen LogP contribution is 2.30. The Morgan fingerprint density at radius 1 is 1.15 bits per heavy atom. The van der Waals surface area contributed by atoms with E-state index in [1.54, 1.807) is 25.0 Å². The minimum Gasteiger partial charge on any atom is -0.493 e. The van der Waals surface area contributed by atoms with Crippen LogP contribution in [0, 0.1) is 0 Å². The Morgan fingerprint density at radius 3 is 2.65 bits per heavy atom. The van der Waals surface area contributed by atoms with Crippen LogP contribution in [0.5, 0.6) is 5.75 Å². The van der Waals surface area contributed by atoms with Crippen LogP contribution in [0.1, 0.15) is 17.4 Å². The molecule has 1 N–H and O–H groups in total. The fourth-order valence-corrected chi connectivity index (χ4v) is 2.43. The van der Waals surface area contributed by atoms with Crippen molar-refractivity contribution in [1.82, 2.24) is 9.78 Å². The van der Waals surface area contributed by atoms with Crippen LogP contribution in [-0.2, 0) is 7.05 Å². The molecule has 1 aromatic heterocycles. The number of aromatic nitrogens is 2. The van der Waals surface area contributed by atoms with Gasteiger partial charge < -0.3 is 9.84 Å². The molecule has 0 bridgehead atoms. The summed E-state index contributed by atoms with van der Waals surface area (Å²) in [6, 6.07) is 14.0. The van der Waals surface area contributed by atoms with E-state index in [9.17, 15) is 5.11 Å². The Bertz CT molecular complexity index is 749. The molecule has 0 radical (unpaired) electrons. The van der Waals surface area contributed by atoms with Crippen LogP contribution in [0.25, 0.3) is 10.8 Å². The predicted molar refractivity (Wildman–Crippen MR) is 77.8 cm³/mol. The van der Waals surface area contributed by atoms with E-state index in [-0.39, 0.29) is 0 Å². The van der Waals surface area contributed by atoms with Gasteiger partial charge in [0, 0.05) is 7.05 Å². The van der Waals surface area contributed by atoms with Gasteiger partial charge in [-0.25, -0.2) is 0 Å². The topological polar surface area (TPSA) is 47.3 Å². The molecule has 2 aromatic carbocycles. The van der Waals surface area contributed by atoms with Gasteiger partial charge >= 0.3 is 0 Å². The van der Waals surface area contributed by atoms with Crippen molar-refractivity contribution < 1.29 is 9.84 Å². The van der Waals surface area contributed by atoms with Gasteiger partial charge in [-0.15, -0.1) is 0 Å². The van der Waals surface area contributed by atoms with Gasteiger partial charge in [-0.3, -0.25) is 4.68 Å². The molecule has 0 spiro atoms. The van der Waals surface area contributed by atoms with Crippen molar-refractivity contribution in [3.63, 3.8) is 0 Å². The fraction of sp³-hybridized carbons (Fsp3) is 0.188. The highest BCUT2D eigenvalue weighted by molar-refractivity contribution is 5.83. The molecule has 4 nitrogen and oxygen atoms in total. The molecule has 1 atom stereocenters. The maximum absolute atomic E-state index is 10.6. The molecule has 0 saturated carbocycles. The Kier molecular flexibility index (Phi) is 3.16. The quantitative estimate of drug-likeness (QED) is 0.794. The zero-order chi connectivity index (χ0) is 14.1. The number of nitrogens with zero attached hydrogens (tertiary/aromatic N) is 2. The standard InChI is InChI=1S/C16H16N2O2/c1-18-15(14(20-2)10-17-18)16(19)13-8-7-11-5-3-4-6-12(11)9-13/h3-10,16,19H,1-2H3. The van der Waals surface area contributed by atoms with Gasteiger partial charge in [0.15, 0.2) is 5.75 Å². The molecule has 0 fully saturated rings. The van der Waals surface area contributed by atoms with Crippen molar-refractivity contribution in [3.05, 3.63) is 59.9 Å². The molecule has 0 aliphatic carbocycles. The van der Waals surface area contributed by atoms with Crippen molar-refractivity contribution >= 4 is 10.8 Å². The van der Waals surface area contributed by atoms with Crippen molar-refractivity contribution in [1.29, 1.82) is 0 Å². The zero-order valence-electron chi connectivity index (χ0n) is 11.4. The number of methoxy groups -OCH3 is 1. The second-order valence-electron chi connectivity index (χ2n) is 4.73. The highest BCUT2D eigenvalue weighted by Gasteiger charge is 2.20. The zero-order valence-corrected chi connectivity index (χ0v) is 11.4. The van der Waals surface area contributed by atoms with E-state index in [4.69, 9.17) is 4.74 Å². The number of hydrogen-bond donors (Lipinski definition) is 1. The molecule has 0 saturated heterocycles. The summed E-state index contributed by atoms with van der Waals surface area (Å²) in [5, 5.41) is 17.0. The van der Waals surface area contributed by atoms with Gasteiger partial charge in [0.05, 0.1) is 13.3 Å². The van der Waals surface area contributed by atoms with Crippen molar-refractivity contribution in [2.45, 2.75) is 6.10 Å². The molecule has 0 aliphatic heterocycles. The van der Waals surface area contributed by atoms with E-state index in [1.807, 2.05) is 36.4 Å². The number of hydrogen-bond acceptors (Lipinski definition) is 3. The minimum absolute atomic E-state index is 0.591. The molecule has 3 aromatic rings. The van der Waals surface area contributed by atoms with Crippen molar-refractivity contribution in [2.24, 2.45) is 7.05 Å². The van der Waals surface area contributed by atoms with E-state index in [2.05, 4.69) is 11.2 Å². The summed E-state index contributed by atoms with van der Waals surface area (Å²) in [4.78, 5) is 0. The number of rotatable bonds is 3. The van der Waals surface area contributed by atoms with E-state index >= 15 is 0 Å². The highest BCUT2D eigenvalue weighted by atomic mass is 16.5. The number of aryl methyl sites for hydroxylation is 1. The summed E-state index contributed by atoms with van der Waals surface area (Å²) in [5.74, 6) is 0.591. The Hall–Kier alpha value is -2.33. The summed E-state index contributed by atoms with van der Waals surface area (Å²) < 4.78 is 6.89. The molecular weight excluding hydrogens is 252 g/mol. The van der Waals surface area contributed by atoms with Crippen LogP contribution in [0.3, 0.4) is 0 Å². The minimum atomic E-state index is -0.762. The number of aliphatic hydroxyl groups is 1. The second-order valence-corrected chi connectivity index (χ2v) is 4.73. The van der Waals surface area contributed by atoms with Crippen LogP contribution in [0.15, 0.2) is 48.7 Å². The van der Waals surface area contributed by atoms with Crippen LogP contribution >= 0.6 is 0 Å². The largest absolute Gasteiger partial charge is 0.493 e. The summed E-state index contributed by atoms with van der Waals surface area (Å²) in [6.07, 6.45) is 0.849. The average Bonchev–Trinajstić information content (AvgIpc) is 2.87. The molecule has 3 rings (SSSR count). The normalized spacial score (nSPS) is 12.6. The van der Waals surface area contributed by atoms with Gasteiger partial charge in [-0.05, 0) is 22.4 Å². The van der Waals surface area contributed by atoms with E-state index in [1.165, 1.54) is 0 Å². The Morgan fingerprint density at radius 2 is 1.90 bits per heavy atom. The third-order valence-corrected chi connectivity index (χ3v) is 3.52. The number of ether oxygens (including phenoxy) is 1. The maximum atomic E-state index is 10.6. The second kappa shape index (κ2) is 4.98. The van der Waals surface area contributed by atoms with Crippen molar-refractivity contribution in [3.8, 4) is 5.75 Å². The lowest BCUT2D eigenvalue weighted by molar-refractivity contribution is 0.204. The molecule has 0 amide bonds. The monoisotopic (exact) mass is 268 g/mol. The predicted octanol–water partition coefficient (Wildman–Crippen LogP) is 2.66. The van der Waals surface area contributed by atoms with Gasteiger partial charge in [0.2, 0.25) is 0 Å². The van der Waals surface area contributed by atoms with Crippen molar-refractivity contribution in [2.75, 3.05) is 7.11 Å². The molecule has 0 aliphatic rings. The lowest BCUT2D eigenvalue weighted by Crippen LogP contribution is -2.08. The summed E-state index contributed by atoms with van der Waals surface area (Å²) in [6.45, 7) is 0. The number of benzene rings is 2. The number of fused-ring (bicyclic) bond motifs is 1. The van der Waals surface area contributed by atoms with Crippen LogP contribution < -0.4 is 4.74 Å². The lowest BCUT2D eigenvalue weighted by Gasteiger charge is -2.14. The van der Waals surface area contributed by atoms with Gasteiger partial charge in [-0.1, -0.05) is 36.4 Å². The van der Waals surface area contributed by atoms with Crippen LogP contribution in [-0.4, -0.2) is 22.0 Å². The van der Waals surface area contributed by atoms with Crippen LogP contribution in [0.2, 0.25) is 0 Å². The Balaban J connectivity index is 2.07. The fourth-order valence-electron chi connectivity index (χ4n) is 2.43. The number of aliphatic hydroxyl groups excluding tert-OH is 1. The molecule has 1 heterocycles. The molecule has 102 valence electrons. The molecular formula is C16H16N2O2. The van der Waals surface area contributed by atoms with Gasteiger partial charge in [-0.2, -0.15) is 5.10 Å². The van der Waals surface area contributed by atoms with Gasteiger partial charge in [0.25, 0.3) is 0 Å². The SMILES string of the molecule is COc1cnn(C)c1C(O)c1ccc2ccccc2c1. The summed E-state index contributed by atoms with van der Waals surface area (Å²) in [7, 11) is 3.37. The maximum Gasteiger partial charge on any atom is 0.162 e. The van der Waals surface area contributed by atoms with E-state index in [0.29, 0.717) is 11.4 Å². The van der Waals surface area contributed by atoms with Gasteiger partial charge in [0.1, 0.15) is 11.8 Å². The smallest absolute Gasteiger partial charge is 0.162 e.